The van der Waals surface area contributed by atoms with Crippen molar-refractivity contribution in [1.82, 2.24) is 0 Å². The Morgan fingerprint density at radius 1 is 1.10 bits per heavy atom. The fourth-order valence-corrected chi connectivity index (χ4v) is 3.26. The number of hydrogen-bond donors (Lipinski definition) is 0. The molecule has 0 spiro atoms. The molecule has 0 saturated carbocycles. The molecule has 0 fully saturated rings. The lowest BCUT2D eigenvalue weighted by Crippen LogP contribution is -2.14. The van der Waals surface area contributed by atoms with Crippen molar-refractivity contribution >= 4 is 16.1 Å². The SMILES string of the molecule is O=Cc1ccc(CS(=O)(=O)c2ccccc2C(F)(F)F)o1. The number of carbonyl (C=O) groups excluding carboxylic acids is 1. The normalized spacial score (nSPS) is 12.3. The van der Waals surface area contributed by atoms with E-state index < -0.39 is 32.2 Å². The summed E-state index contributed by atoms with van der Waals surface area (Å²) in [5, 5.41) is 0. The Labute approximate surface area is 118 Å². The van der Waals surface area contributed by atoms with E-state index in [1.807, 2.05) is 0 Å². The van der Waals surface area contributed by atoms with E-state index in [0.29, 0.717) is 12.4 Å². The van der Waals surface area contributed by atoms with Crippen molar-refractivity contribution in [2.75, 3.05) is 0 Å². The highest BCUT2D eigenvalue weighted by atomic mass is 32.2. The number of benzene rings is 1. The molecule has 0 bridgehead atoms. The molecule has 4 nitrogen and oxygen atoms in total. The molecule has 0 aliphatic carbocycles. The largest absolute Gasteiger partial charge is 0.457 e. The summed E-state index contributed by atoms with van der Waals surface area (Å²) >= 11 is 0. The fourth-order valence-electron chi connectivity index (χ4n) is 1.77. The molecule has 0 aliphatic heterocycles. The van der Waals surface area contributed by atoms with Gasteiger partial charge < -0.3 is 4.42 Å². The van der Waals surface area contributed by atoms with Gasteiger partial charge in [-0.1, -0.05) is 12.1 Å². The number of halogens is 3. The maximum Gasteiger partial charge on any atom is 0.417 e. The Hall–Kier alpha value is -2.09. The van der Waals surface area contributed by atoms with E-state index >= 15 is 0 Å². The lowest BCUT2D eigenvalue weighted by molar-refractivity contribution is -0.139. The Balaban J connectivity index is 2.43. The van der Waals surface area contributed by atoms with Gasteiger partial charge in [0.2, 0.25) is 0 Å². The van der Waals surface area contributed by atoms with Crippen LogP contribution in [0.25, 0.3) is 0 Å². The first kappa shape index (κ1) is 15.3. The summed E-state index contributed by atoms with van der Waals surface area (Å²) in [6.07, 6.45) is -4.40. The molecule has 1 heterocycles. The molecule has 112 valence electrons. The predicted molar refractivity (Wildman–Crippen MR) is 66.4 cm³/mol. The van der Waals surface area contributed by atoms with Crippen LogP contribution in [-0.2, 0) is 21.8 Å². The van der Waals surface area contributed by atoms with Gasteiger partial charge in [0.25, 0.3) is 0 Å². The summed E-state index contributed by atoms with van der Waals surface area (Å²) in [7, 11) is -4.25. The van der Waals surface area contributed by atoms with Crippen molar-refractivity contribution in [2.24, 2.45) is 0 Å². The average Bonchev–Trinajstić information content (AvgIpc) is 2.85. The van der Waals surface area contributed by atoms with Crippen LogP contribution in [0.3, 0.4) is 0 Å². The zero-order valence-corrected chi connectivity index (χ0v) is 11.2. The highest BCUT2D eigenvalue weighted by Gasteiger charge is 2.37. The van der Waals surface area contributed by atoms with Crippen LogP contribution in [0.4, 0.5) is 13.2 Å². The van der Waals surface area contributed by atoms with Crippen LogP contribution in [0.2, 0.25) is 0 Å². The lowest BCUT2D eigenvalue weighted by Gasteiger charge is -2.12. The third kappa shape index (κ3) is 3.33. The Bertz CT molecular complexity index is 760. The van der Waals surface area contributed by atoms with Gasteiger partial charge in [-0.2, -0.15) is 13.2 Å². The maximum absolute atomic E-state index is 12.8. The topological polar surface area (TPSA) is 64.3 Å². The van der Waals surface area contributed by atoms with Crippen molar-refractivity contribution in [2.45, 2.75) is 16.8 Å². The molecule has 8 heteroatoms. The third-order valence-electron chi connectivity index (χ3n) is 2.66. The minimum absolute atomic E-state index is 0.0932. The molecule has 0 unspecified atom stereocenters. The van der Waals surface area contributed by atoms with Crippen LogP contribution in [0.5, 0.6) is 0 Å². The van der Waals surface area contributed by atoms with Crippen LogP contribution in [-0.4, -0.2) is 14.7 Å². The predicted octanol–water partition coefficient (Wildman–Crippen LogP) is 3.08. The van der Waals surface area contributed by atoms with E-state index in [0.717, 1.165) is 12.1 Å². The van der Waals surface area contributed by atoms with Crippen molar-refractivity contribution in [3.8, 4) is 0 Å². The highest BCUT2D eigenvalue weighted by molar-refractivity contribution is 7.90. The van der Waals surface area contributed by atoms with E-state index in [1.54, 1.807) is 0 Å². The van der Waals surface area contributed by atoms with Gasteiger partial charge in [0.05, 0.1) is 10.5 Å². The molecule has 2 rings (SSSR count). The number of carbonyl (C=O) groups is 1. The molecule has 0 saturated heterocycles. The number of alkyl halides is 3. The van der Waals surface area contributed by atoms with E-state index in [2.05, 4.69) is 0 Å². The van der Waals surface area contributed by atoms with E-state index in [-0.39, 0.29) is 11.5 Å². The summed E-state index contributed by atoms with van der Waals surface area (Å²) in [6, 6.07) is 6.39. The first-order valence-corrected chi connectivity index (χ1v) is 7.32. The minimum atomic E-state index is -4.78. The van der Waals surface area contributed by atoms with Crippen LogP contribution in [0.15, 0.2) is 45.7 Å². The van der Waals surface area contributed by atoms with Crippen LogP contribution in [0, 0.1) is 0 Å². The van der Waals surface area contributed by atoms with Gasteiger partial charge in [-0.25, -0.2) is 8.42 Å². The number of furan rings is 1. The molecule has 0 amide bonds. The Morgan fingerprint density at radius 3 is 2.33 bits per heavy atom. The number of hydrogen-bond acceptors (Lipinski definition) is 4. The van der Waals surface area contributed by atoms with Crippen molar-refractivity contribution in [3.05, 3.63) is 53.5 Å². The molecule has 2 aromatic rings. The first-order chi connectivity index (χ1) is 9.74. The van der Waals surface area contributed by atoms with Gasteiger partial charge in [0, 0.05) is 0 Å². The molecular formula is C13H9F3O4S. The monoisotopic (exact) mass is 318 g/mol. The average molecular weight is 318 g/mol. The fraction of sp³-hybridized carbons (Fsp3) is 0.154. The third-order valence-corrected chi connectivity index (χ3v) is 4.35. The van der Waals surface area contributed by atoms with Crippen LogP contribution < -0.4 is 0 Å². The molecule has 21 heavy (non-hydrogen) atoms. The van der Waals surface area contributed by atoms with Gasteiger partial charge in [-0.05, 0) is 24.3 Å². The van der Waals surface area contributed by atoms with Gasteiger partial charge in [0.1, 0.15) is 11.5 Å². The van der Waals surface area contributed by atoms with E-state index in [9.17, 15) is 26.4 Å². The molecule has 0 atom stereocenters. The van der Waals surface area contributed by atoms with E-state index in [1.165, 1.54) is 18.2 Å². The van der Waals surface area contributed by atoms with Crippen molar-refractivity contribution < 1.29 is 30.8 Å². The molecule has 1 aromatic heterocycles. The standard InChI is InChI=1S/C13H9F3O4S/c14-13(15,16)11-3-1-2-4-12(11)21(18,19)8-10-6-5-9(7-17)20-10/h1-7H,8H2. The summed E-state index contributed by atoms with van der Waals surface area (Å²) in [5.41, 5.74) is -1.23. The second-order valence-electron chi connectivity index (χ2n) is 4.17. The summed E-state index contributed by atoms with van der Waals surface area (Å²) in [5.74, 6) is -0.952. The maximum atomic E-state index is 12.8. The second-order valence-corrected chi connectivity index (χ2v) is 6.13. The van der Waals surface area contributed by atoms with Gasteiger partial charge in [0.15, 0.2) is 21.9 Å². The first-order valence-electron chi connectivity index (χ1n) is 5.67. The smallest absolute Gasteiger partial charge is 0.417 e. The van der Waals surface area contributed by atoms with Crippen LogP contribution in [0.1, 0.15) is 21.9 Å². The number of aldehydes is 1. The zero-order valence-electron chi connectivity index (χ0n) is 10.4. The molecule has 0 N–H and O–H groups in total. The van der Waals surface area contributed by atoms with Crippen LogP contribution >= 0.6 is 0 Å². The van der Waals surface area contributed by atoms with Gasteiger partial charge >= 0.3 is 6.18 Å². The van der Waals surface area contributed by atoms with Crippen molar-refractivity contribution in [1.29, 1.82) is 0 Å². The van der Waals surface area contributed by atoms with E-state index in [4.69, 9.17) is 4.42 Å². The van der Waals surface area contributed by atoms with Gasteiger partial charge in [-0.3, -0.25) is 4.79 Å². The molecule has 1 aromatic carbocycles. The molecule has 0 aliphatic rings. The minimum Gasteiger partial charge on any atom is -0.457 e. The quantitative estimate of drug-likeness (QED) is 0.813. The second kappa shape index (κ2) is 5.36. The summed E-state index contributed by atoms with van der Waals surface area (Å²) in [4.78, 5) is 9.63. The molecular weight excluding hydrogens is 309 g/mol. The van der Waals surface area contributed by atoms with Crippen molar-refractivity contribution in [3.63, 3.8) is 0 Å². The number of sulfone groups is 1. The summed E-state index contributed by atoms with van der Waals surface area (Å²) < 4.78 is 67.6. The highest BCUT2D eigenvalue weighted by Crippen LogP contribution is 2.35. The zero-order chi connectivity index (χ0) is 15.7. The van der Waals surface area contributed by atoms with Gasteiger partial charge in [-0.15, -0.1) is 0 Å². The lowest BCUT2D eigenvalue weighted by atomic mass is 10.2. The number of rotatable bonds is 4. The Kier molecular flexibility index (Phi) is 3.91. The molecule has 0 radical (unpaired) electrons. The summed E-state index contributed by atoms with van der Waals surface area (Å²) in [6.45, 7) is 0. The Morgan fingerprint density at radius 2 is 1.76 bits per heavy atom.